The van der Waals surface area contributed by atoms with Crippen LogP contribution in [-0.2, 0) is 0 Å². The summed E-state index contributed by atoms with van der Waals surface area (Å²) < 4.78 is 0. The molecule has 1 fully saturated rings. The van der Waals surface area contributed by atoms with E-state index in [-0.39, 0.29) is 12.0 Å². The van der Waals surface area contributed by atoms with Crippen molar-refractivity contribution in [3.63, 3.8) is 0 Å². The fourth-order valence-corrected chi connectivity index (χ4v) is 2.86. The highest BCUT2D eigenvalue weighted by Crippen LogP contribution is 2.28. The third-order valence-corrected chi connectivity index (χ3v) is 4.09. The van der Waals surface area contributed by atoms with Crippen LogP contribution in [0.4, 0.5) is 5.13 Å². The molecule has 1 aromatic rings. The third-order valence-electron chi connectivity index (χ3n) is 3.22. The molecule has 19 heavy (non-hydrogen) atoms. The maximum Gasteiger partial charge on any atom is 0.284 e. The van der Waals surface area contributed by atoms with Crippen molar-refractivity contribution in [1.29, 1.82) is 0 Å². The highest BCUT2D eigenvalue weighted by Gasteiger charge is 2.30. The van der Waals surface area contributed by atoms with Crippen LogP contribution in [0.1, 0.15) is 36.0 Å². The van der Waals surface area contributed by atoms with Crippen LogP contribution in [0, 0.1) is 5.92 Å². The lowest BCUT2D eigenvalue weighted by Gasteiger charge is -2.34. The molecule has 0 unspecified atom stereocenters. The number of anilines is 1. The molecular weight excluding hydrogens is 264 g/mol. The number of rotatable bonds is 6. The maximum atomic E-state index is 12.1. The summed E-state index contributed by atoms with van der Waals surface area (Å²) in [6.45, 7) is 3.58. The normalized spacial score (nSPS) is 21.8. The zero-order chi connectivity index (χ0) is 13.8. The maximum absolute atomic E-state index is 12.1. The number of nitrogens with zero attached hydrogens (tertiary/aromatic N) is 3. The number of hydrogen-bond donors (Lipinski definition) is 2. The van der Waals surface area contributed by atoms with Crippen molar-refractivity contribution in [3.8, 4) is 0 Å². The molecule has 1 aliphatic carbocycles. The minimum Gasteiger partial charge on any atom is -0.393 e. The van der Waals surface area contributed by atoms with E-state index in [2.05, 4.69) is 22.4 Å². The zero-order valence-electron chi connectivity index (χ0n) is 11.3. The lowest BCUT2D eigenvalue weighted by Crippen LogP contribution is -2.39. The predicted octanol–water partition coefficient (Wildman–Crippen LogP) is 1.20. The largest absolute Gasteiger partial charge is 0.393 e. The second-order valence-electron chi connectivity index (χ2n) is 5.02. The Kier molecular flexibility index (Phi) is 4.71. The lowest BCUT2D eigenvalue weighted by molar-refractivity contribution is 0.0265. The van der Waals surface area contributed by atoms with Gasteiger partial charge in [0.25, 0.3) is 5.91 Å². The van der Waals surface area contributed by atoms with Gasteiger partial charge >= 0.3 is 0 Å². The second kappa shape index (κ2) is 6.29. The van der Waals surface area contributed by atoms with Crippen molar-refractivity contribution in [2.24, 2.45) is 5.92 Å². The fourth-order valence-electron chi connectivity index (χ4n) is 2.10. The van der Waals surface area contributed by atoms with Crippen LogP contribution in [0.2, 0.25) is 0 Å². The summed E-state index contributed by atoms with van der Waals surface area (Å²) in [7, 11) is 1.77. The molecule has 2 N–H and O–H groups in total. The number of hydrogen-bond acceptors (Lipinski definition) is 6. The number of carbonyl (C=O) groups excluding carboxylic acids is 1. The van der Waals surface area contributed by atoms with Crippen molar-refractivity contribution in [1.82, 2.24) is 15.1 Å². The van der Waals surface area contributed by atoms with Gasteiger partial charge in [0.05, 0.1) is 6.10 Å². The first-order valence-electron chi connectivity index (χ1n) is 6.61. The lowest BCUT2D eigenvalue weighted by atomic mass is 9.82. The van der Waals surface area contributed by atoms with Gasteiger partial charge in [-0.25, -0.2) is 0 Å². The minimum atomic E-state index is -0.181. The van der Waals surface area contributed by atoms with Gasteiger partial charge in [-0.1, -0.05) is 18.3 Å². The average molecular weight is 284 g/mol. The molecule has 1 aliphatic rings. The number of aromatic nitrogens is 2. The average Bonchev–Trinajstić information content (AvgIpc) is 2.82. The quantitative estimate of drug-likeness (QED) is 0.821. The molecule has 1 heterocycles. The van der Waals surface area contributed by atoms with E-state index in [4.69, 9.17) is 0 Å². The molecule has 1 saturated carbocycles. The van der Waals surface area contributed by atoms with Crippen molar-refractivity contribution in [2.45, 2.75) is 32.3 Å². The Morgan fingerprint density at radius 1 is 1.53 bits per heavy atom. The van der Waals surface area contributed by atoms with Crippen molar-refractivity contribution < 1.29 is 9.90 Å². The van der Waals surface area contributed by atoms with Gasteiger partial charge in [0.2, 0.25) is 10.1 Å². The van der Waals surface area contributed by atoms with Gasteiger partial charge in [-0.15, -0.1) is 10.2 Å². The van der Waals surface area contributed by atoms with E-state index < -0.39 is 0 Å². The summed E-state index contributed by atoms with van der Waals surface area (Å²) in [6, 6.07) is 0. The second-order valence-corrected chi connectivity index (χ2v) is 5.99. The molecule has 0 saturated heterocycles. The molecule has 0 aliphatic heterocycles. The van der Waals surface area contributed by atoms with Gasteiger partial charge in [0.1, 0.15) is 0 Å². The number of carbonyl (C=O) groups is 1. The summed E-state index contributed by atoms with van der Waals surface area (Å²) in [6.07, 6.45) is 2.40. The number of aliphatic hydroxyl groups is 1. The molecule has 7 heteroatoms. The van der Waals surface area contributed by atoms with Crippen LogP contribution >= 0.6 is 11.3 Å². The van der Waals surface area contributed by atoms with E-state index in [0.717, 1.165) is 25.8 Å². The summed E-state index contributed by atoms with van der Waals surface area (Å²) in [4.78, 5) is 13.8. The van der Waals surface area contributed by atoms with Crippen molar-refractivity contribution >= 4 is 22.4 Å². The molecule has 106 valence electrons. The first-order valence-corrected chi connectivity index (χ1v) is 7.42. The van der Waals surface area contributed by atoms with Gasteiger partial charge in [-0.05, 0) is 25.2 Å². The zero-order valence-corrected chi connectivity index (χ0v) is 12.1. The minimum absolute atomic E-state index is 0.0940. The van der Waals surface area contributed by atoms with Gasteiger partial charge in [-0.2, -0.15) is 0 Å². The van der Waals surface area contributed by atoms with Gasteiger partial charge < -0.3 is 15.3 Å². The Morgan fingerprint density at radius 2 is 2.26 bits per heavy atom. The molecule has 0 bridgehead atoms. The summed E-state index contributed by atoms with van der Waals surface area (Å²) in [5.41, 5.74) is 0. The highest BCUT2D eigenvalue weighted by molar-refractivity contribution is 7.17. The monoisotopic (exact) mass is 284 g/mol. The fraction of sp³-hybridized carbons (Fsp3) is 0.750. The molecule has 0 radical (unpaired) electrons. The molecule has 0 aromatic carbocycles. The smallest absolute Gasteiger partial charge is 0.284 e. The van der Waals surface area contributed by atoms with Crippen molar-refractivity contribution in [2.75, 3.05) is 25.5 Å². The molecule has 0 atom stereocenters. The third kappa shape index (κ3) is 3.63. The Bertz CT molecular complexity index is 431. The summed E-state index contributed by atoms with van der Waals surface area (Å²) in [5, 5.41) is 21.3. The Labute approximate surface area is 116 Å². The first-order chi connectivity index (χ1) is 9.10. The first kappa shape index (κ1) is 14.2. The molecule has 6 nitrogen and oxygen atoms in total. The van der Waals surface area contributed by atoms with E-state index in [1.54, 1.807) is 11.9 Å². The number of nitrogens with one attached hydrogen (secondary N) is 1. The number of amides is 1. The highest BCUT2D eigenvalue weighted by atomic mass is 32.1. The van der Waals surface area contributed by atoms with E-state index in [1.165, 1.54) is 11.3 Å². The van der Waals surface area contributed by atoms with E-state index >= 15 is 0 Å². The van der Waals surface area contributed by atoms with E-state index in [0.29, 0.717) is 22.6 Å². The van der Waals surface area contributed by atoms with Gasteiger partial charge in [0, 0.05) is 20.1 Å². The van der Waals surface area contributed by atoms with Gasteiger partial charge in [-0.3, -0.25) is 4.79 Å². The summed E-state index contributed by atoms with van der Waals surface area (Å²) in [5.74, 6) is 0.318. The summed E-state index contributed by atoms with van der Waals surface area (Å²) >= 11 is 1.29. The van der Waals surface area contributed by atoms with Crippen molar-refractivity contribution in [3.05, 3.63) is 5.01 Å². The molecule has 2 rings (SSSR count). The molecule has 1 amide bonds. The van der Waals surface area contributed by atoms with Crippen LogP contribution in [-0.4, -0.2) is 52.4 Å². The van der Waals surface area contributed by atoms with E-state index in [9.17, 15) is 9.90 Å². The standard InChI is InChI=1S/C12H20N4O2S/c1-3-4-13-12-15-14-10(19-12)11(18)16(2)7-8-5-9(17)6-8/h8-9,17H,3-7H2,1-2H3,(H,13,15). The predicted molar refractivity (Wildman–Crippen MR) is 74.4 cm³/mol. The van der Waals surface area contributed by atoms with Crippen LogP contribution in [0.25, 0.3) is 0 Å². The molecule has 0 spiro atoms. The van der Waals surface area contributed by atoms with Crippen LogP contribution in [0.3, 0.4) is 0 Å². The number of aliphatic hydroxyl groups excluding tert-OH is 1. The Hall–Kier alpha value is -1.21. The van der Waals surface area contributed by atoms with E-state index in [1.807, 2.05) is 0 Å². The van der Waals surface area contributed by atoms with Crippen LogP contribution in [0.15, 0.2) is 0 Å². The Morgan fingerprint density at radius 3 is 2.89 bits per heavy atom. The molecule has 1 aromatic heterocycles. The van der Waals surface area contributed by atoms with Crippen LogP contribution in [0.5, 0.6) is 0 Å². The van der Waals surface area contributed by atoms with Gasteiger partial charge in [0.15, 0.2) is 0 Å². The topological polar surface area (TPSA) is 78.4 Å². The Balaban J connectivity index is 1.85. The SMILES string of the molecule is CCCNc1nnc(C(=O)N(C)CC2CC(O)C2)s1. The van der Waals surface area contributed by atoms with Crippen LogP contribution < -0.4 is 5.32 Å². The molecular formula is C12H20N4O2S.